The second-order valence-corrected chi connectivity index (χ2v) is 5.20. The van der Waals surface area contributed by atoms with Crippen molar-refractivity contribution in [2.24, 2.45) is 7.05 Å². The third-order valence-corrected chi connectivity index (χ3v) is 3.89. The largest absolute Gasteiger partial charge is 0.350 e. The highest BCUT2D eigenvalue weighted by molar-refractivity contribution is 6.31. The minimum atomic E-state index is -0.403. The van der Waals surface area contributed by atoms with E-state index < -0.39 is 6.04 Å². The molecule has 0 saturated carbocycles. The highest BCUT2D eigenvalue weighted by atomic mass is 35.5. The Morgan fingerprint density at radius 3 is 2.55 bits per heavy atom. The van der Waals surface area contributed by atoms with Gasteiger partial charge in [-0.25, -0.2) is 0 Å². The molecule has 108 valence electrons. The van der Waals surface area contributed by atoms with Gasteiger partial charge in [0, 0.05) is 24.8 Å². The lowest BCUT2D eigenvalue weighted by molar-refractivity contribution is -0.124. The van der Waals surface area contributed by atoms with E-state index in [0.717, 1.165) is 17.0 Å². The van der Waals surface area contributed by atoms with Crippen LogP contribution in [-0.4, -0.2) is 25.5 Å². The first-order chi connectivity index (χ1) is 9.41. The van der Waals surface area contributed by atoms with Crippen LogP contribution >= 0.6 is 11.6 Å². The maximum Gasteiger partial charge on any atom is 0.244 e. The molecule has 2 rings (SSSR count). The van der Waals surface area contributed by atoms with Crippen molar-refractivity contribution in [3.8, 4) is 0 Å². The Morgan fingerprint density at radius 2 is 2.05 bits per heavy atom. The highest BCUT2D eigenvalue weighted by Crippen LogP contribution is 2.17. The van der Waals surface area contributed by atoms with Crippen molar-refractivity contribution in [3.63, 3.8) is 0 Å². The van der Waals surface area contributed by atoms with Crippen molar-refractivity contribution >= 4 is 17.5 Å². The summed E-state index contributed by atoms with van der Waals surface area (Å²) < 4.78 is 3.40. The highest BCUT2D eigenvalue weighted by Gasteiger charge is 2.18. The molecule has 0 spiro atoms. The van der Waals surface area contributed by atoms with E-state index >= 15 is 0 Å². The lowest BCUT2D eigenvalue weighted by Gasteiger charge is -2.14. The van der Waals surface area contributed by atoms with Crippen LogP contribution in [0.2, 0.25) is 5.02 Å². The molecule has 0 radical (unpaired) electrons. The van der Waals surface area contributed by atoms with Crippen LogP contribution in [0.1, 0.15) is 29.9 Å². The summed E-state index contributed by atoms with van der Waals surface area (Å²) in [5.41, 5.74) is 2.83. The second-order valence-electron chi connectivity index (χ2n) is 4.80. The summed E-state index contributed by atoms with van der Waals surface area (Å²) >= 11 is 5.95. The number of hydrogen-bond acceptors (Lipinski definition) is 3. The van der Waals surface area contributed by atoms with Gasteiger partial charge in [0.2, 0.25) is 5.91 Å². The van der Waals surface area contributed by atoms with E-state index in [0.29, 0.717) is 11.6 Å². The van der Waals surface area contributed by atoms with Gasteiger partial charge in [-0.3, -0.25) is 14.2 Å². The number of aromatic nitrogens is 4. The molecular formula is C13H18ClN5O. The van der Waals surface area contributed by atoms with E-state index in [1.165, 1.54) is 0 Å². The third kappa shape index (κ3) is 2.70. The molecule has 0 fully saturated rings. The molecule has 2 aromatic heterocycles. The zero-order chi connectivity index (χ0) is 14.9. The number of rotatable bonds is 4. The summed E-state index contributed by atoms with van der Waals surface area (Å²) in [6, 6.07) is -0.403. The summed E-state index contributed by atoms with van der Waals surface area (Å²) in [6.45, 7) is 6.05. The van der Waals surface area contributed by atoms with E-state index in [1.54, 1.807) is 28.7 Å². The maximum atomic E-state index is 12.2. The van der Waals surface area contributed by atoms with E-state index in [4.69, 9.17) is 11.6 Å². The molecule has 6 nitrogen and oxygen atoms in total. The molecule has 20 heavy (non-hydrogen) atoms. The van der Waals surface area contributed by atoms with Gasteiger partial charge in [-0.2, -0.15) is 10.2 Å². The Kier molecular flexibility index (Phi) is 4.13. The van der Waals surface area contributed by atoms with Gasteiger partial charge < -0.3 is 5.32 Å². The number of hydrogen-bond donors (Lipinski definition) is 1. The van der Waals surface area contributed by atoms with Crippen LogP contribution in [0.5, 0.6) is 0 Å². The van der Waals surface area contributed by atoms with E-state index in [9.17, 15) is 4.79 Å². The molecular weight excluding hydrogens is 278 g/mol. The molecule has 0 aromatic carbocycles. The van der Waals surface area contributed by atoms with Crippen LogP contribution in [0.3, 0.4) is 0 Å². The lowest BCUT2D eigenvalue weighted by Crippen LogP contribution is -2.31. The first-order valence-electron chi connectivity index (χ1n) is 6.36. The smallest absolute Gasteiger partial charge is 0.244 e. The fourth-order valence-electron chi connectivity index (χ4n) is 1.95. The van der Waals surface area contributed by atoms with E-state index in [2.05, 4.69) is 15.5 Å². The average Bonchev–Trinajstić information content (AvgIpc) is 2.92. The van der Waals surface area contributed by atoms with E-state index in [1.807, 2.05) is 20.9 Å². The van der Waals surface area contributed by atoms with Crippen LogP contribution in [0.25, 0.3) is 0 Å². The first kappa shape index (κ1) is 14.6. The number of carbonyl (C=O) groups excluding carboxylic acids is 1. The molecule has 2 aromatic rings. The Morgan fingerprint density at radius 1 is 1.35 bits per heavy atom. The van der Waals surface area contributed by atoms with Crippen LogP contribution in [-0.2, 0) is 18.4 Å². The number of amides is 1. The number of halogens is 1. The molecule has 2 heterocycles. The predicted octanol–water partition coefficient (Wildman–Crippen LogP) is 1.76. The van der Waals surface area contributed by atoms with Crippen molar-refractivity contribution < 1.29 is 4.79 Å². The van der Waals surface area contributed by atoms with E-state index in [-0.39, 0.29) is 5.91 Å². The molecule has 7 heteroatoms. The standard InChI is InChI=1S/C13H18ClN5O/c1-8-11(6-16-18(8)4)5-15-13(20)10(3)19-9(2)12(14)7-17-19/h6-7,10H,5H2,1-4H3,(H,15,20). The molecule has 1 atom stereocenters. The summed E-state index contributed by atoms with van der Waals surface area (Å²) in [4.78, 5) is 12.2. The lowest BCUT2D eigenvalue weighted by atomic mass is 10.2. The van der Waals surface area contributed by atoms with Gasteiger partial charge in [0.1, 0.15) is 6.04 Å². The van der Waals surface area contributed by atoms with Crippen LogP contribution < -0.4 is 5.32 Å². The van der Waals surface area contributed by atoms with Gasteiger partial charge in [-0.1, -0.05) is 11.6 Å². The summed E-state index contributed by atoms with van der Waals surface area (Å²) in [6.07, 6.45) is 3.31. The van der Waals surface area contributed by atoms with Gasteiger partial charge in [-0.15, -0.1) is 0 Å². The number of nitrogens with zero attached hydrogens (tertiary/aromatic N) is 4. The molecule has 0 aliphatic heterocycles. The Balaban J connectivity index is 2.02. The SMILES string of the molecule is Cc1c(CNC(=O)C(C)n2ncc(Cl)c2C)cnn1C. The Hall–Kier alpha value is -1.82. The van der Waals surface area contributed by atoms with Crippen LogP contribution in [0.15, 0.2) is 12.4 Å². The molecule has 0 aliphatic rings. The normalized spacial score (nSPS) is 12.4. The molecule has 0 bridgehead atoms. The number of nitrogens with one attached hydrogen (secondary N) is 1. The van der Waals surface area contributed by atoms with Crippen molar-refractivity contribution in [3.05, 3.63) is 34.4 Å². The molecule has 0 aliphatic carbocycles. The van der Waals surface area contributed by atoms with Crippen molar-refractivity contribution in [1.29, 1.82) is 0 Å². The Labute approximate surface area is 122 Å². The van der Waals surface area contributed by atoms with Crippen LogP contribution in [0.4, 0.5) is 0 Å². The van der Waals surface area contributed by atoms with Crippen LogP contribution in [0, 0.1) is 13.8 Å². The minimum absolute atomic E-state index is 0.101. The van der Waals surface area contributed by atoms with Gasteiger partial charge in [0.15, 0.2) is 0 Å². The third-order valence-electron chi connectivity index (χ3n) is 3.52. The second kappa shape index (κ2) is 5.66. The Bertz CT molecular complexity index is 631. The number of aryl methyl sites for hydroxylation is 1. The van der Waals surface area contributed by atoms with Crippen molar-refractivity contribution in [1.82, 2.24) is 24.9 Å². The predicted molar refractivity (Wildman–Crippen MR) is 76.5 cm³/mol. The fourth-order valence-corrected chi connectivity index (χ4v) is 2.08. The van der Waals surface area contributed by atoms with Gasteiger partial charge in [-0.05, 0) is 20.8 Å². The molecule has 0 saturated heterocycles. The zero-order valence-electron chi connectivity index (χ0n) is 12.0. The monoisotopic (exact) mass is 295 g/mol. The summed E-state index contributed by atoms with van der Waals surface area (Å²) in [7, 11) is 1.87. The molecule has 1 unspecified atom stereocenters. The number of carbonyl (C=O) groups is 1. The quantitative estimate of drug-likeness (QED) is 0.935. The average molecular weight is 296 g/mol. The zero-order valence-corrected chi connectivity index (χ0v) is 12.8. The fraction of sp³-hybridized carbons (Fsp3) is 0.462. The summed E-state index contributed by atoms with van der Waals surface area (Å²) in [5.74, 6) is -0.101. The van der Waals surface area contributed by atoms with Gasteiger partial charge in [0.05, 0.1) is 23.1 Å². The summed E-state index contributed by atoms with van der Waals surface area (Å²) in [5, 5.41) is 11.7. The van der Waals surface area contributed by atoms with Crippen molar-refractivity contribution in [2.75, 3.05) is 0 Å². The minimum Gasteiger partial charge on any atom is -0.350 e. The topological polar surface area (TPSA) is 64.7 Å². The first-order valence-corrected chi connectivity index (χ1v) is 6.74. The molecule has 1 amide bonds. The van der Waals surface area contributed by atoms with Gasteiger partial charge in [0.25, 0.3) is 0 Å². The van der Waals surface area contributed by atoms with Gasteiger partial charge >= 0.3 is 0 Å². The van der Waals surface area contributed by atoms with Crippen molar-refractivity contribution in [2.45, 2.75) is 33.4 Å². The maximum absolute atomic E-state index is 12.2. The molecule has 1 N–H and O–H groups in total.